The van der Waals surface area contributed by atoms with Gasteiger partial charge in [-0.15, -0.1) is 0 Å². The number of ether oxygens (including phenoxy) is 1. The van der Waals surface area contributed by atoms with E-state index in [4.69, 9.17) is 10.00 Å². The average Bonchev–Trinajstić information content (AvgIpc) is 2.47. The lowest BCUT2D eigenvalue weighted by Crippen LogP contribution is -2.06. The van der Waals surface area contributed by atoms with Crippen LogP contribution >= 0.6 is 0 Å². The molecular weight excluding hydrogens is 252 g/mol. The quantitative estimate of drug-likeness (QED) is 0.871. The van der Waals surface area contributed by atoms with Gasteiger partial charge in [0.2, 0.25) is 0 Å². The van der Waals surface area contributed by atoms with Gasteiger partial charge in [0.25, 0.3) is 0 Å². The fourth-order valence-corrected chi connectivity index (χ4v) is 1.86. The third kappa shape index (κ3) is 3.66. The number of nitrogens with zero attached hydrogens (tertiary/aromatic N) is 1. The second-order valence-electron chi connectivity index (χ2n) is 4.43. The van der Waals surface area contributed by atoms with Gasteiger partial charge in [0, 0.05) is 11.7 Å². The maximum absolute atomic E-state index is 9.27. The van der Waals surface area contributed by atoms with E-state index < -0.39 is 0 Å². The second kappa shape index (κ2) is 6.48. The van der Waals surface area contributed by atoms with Crippen molar-refractivity contribution in [2.75, 3.05) is 11.9 Å². The number of phenols is 1. The summed E-state index contributed by atoms with van der Waals surface area (Å²) in [4.78, 5) is 0. The maximum atomic E-state index is 9.27. The number of hydrogen-bond donors (Lipinski definition) is 2. The molecule has 0 radical (unpaired) electrons. The molecule has 0 saturated heterocycles. The number of benzene rings is 2. The van der Waals surface area contributed by atoms with Crippen molar-refractivity contribution in [2.24, 2.45) is 0 Å². The Labute approximate surface area is 118 Å². The number of nitriles is 1. The molecule has 4 nitrogen and oxygen atoms in total. The molecule has 0 bridgehead atoms. The van der Waals surface area contributed by atoms with Crippen molar-refractivity contribution in [2.45, 2.75) is 13.0 Å². The Kier molecular flexibility index (Phi) is 4.46. The molecule has 0 aliphatic rings. The minimum Gasteiger partial charge on any atom is -0.508 e. The van der Waals surface area contributed by atoms with Crippen LogP contribution in [0.2, 0.25) is 0 Å². The third-order valence-electron chi connectivity index (χ3n) is 2.93. The number of aromatic hydroxyl groups is 1. The third-order valence-corrected chi connectivity index (χ3v) is 2.93. The Morgan fingerprint density at radius 3 is 2.40 bits per heavy atom. The van der Waals surface area contributed by atoms with E-state index in [9.17, 15) is 5.11 Å². The van der Waals surface area contributed by atoms with Crippen LogP contribution in [-0.2, 0) is 0 Å². The summed E-state index contributed by atoms with van der Waals surface area (Å²) in [6.45, 7) is 2.10. The number of rotatable bonds is 5. The molecule has 2 aromatic rings. The topological polar surface area (TPSA) is 65.3 Å². The number of nitrogens with one attached hydrogen (secondary N) is 1. The number of hydrogen-bond acceptors (Lipinski definition) is 4. The molecular formula is C16H16N2O2. The van der Waals surface area contributed by atoms with Crippen molar-refractivity contribution in [3.8, 4) is 17.6 Å². The highest BCUT2D eigenvalue weighted by Crippen LogP contribution is 2.22. The number of anilines is 1. The van der Waals surface area contributed by atoms with E-state index in [1.54, 1.807) is 12.1 Å². The molecule has 0 heterocycles. The highest BCUT2D eigenvalue weighted by Gasteiger charge is 2.05. The molecule has 0 aromatic heterocycles. The zero-order chi connectivity index (χ0) is 14.4. The second-order valence-corrected chi connectivity index (χ2v) is 4.43. The van der Waals surface area contributed by atoms with Crippen LogP contribution in [0.25, 0.3) is 0 Å². The van der Waals surface area contributed by atoms with Gasteiger partial charge >= 0.3 is 0 Å². The standard InChI is InChI=1S/C16H16N2O2/c1-12(13-2-6-15(19)7-3-13)18-14-4-8-16(9-5-14)20-11-10-17/h2-9,12,18-19H,11H2,1H3. The molecule has 0 spiro atoms. The molecule has 0 saturated carbocycles. The zero-order valence-corrected chi connectivity index (χ0v) is 11.2. The summed E-state index contributed by atoms with van der Waals surface area (Å²) in [5, 5.41) is 21.1. The van der Waals surface area contributed by atoms with Gasteiger partial charge in [-0.25, -0.2) is 0 Å². The highest BCUT2D eigenvalue weighted by atomic mass is 16.5. The molecule has 4 heteroatoms. The summed E-state index contributed by atoms with van der Waals surface area (Å²) in [6, 6.07) is 16.6. The fraction of sp³-hybridized carbons (Fsp3) is 0.188. The summed E-state index contributed by atoms with van der Waals surface area (Å²) in [6.07, 6.45) is 0. The molecule has 0 fully saturated rings. The zero-order valence-electron chi connectivity index (χ0n) is 11.2. The van der Waals surface area contributed by atoms with Crippen LogP contribution in [0.4, 0.5) is 5.69 Å². The van der Waals surface area contributed by atoms with E-state index in [1.165, 1.54) is 0 Å². The first kappa shape index (κ1) is 13.8. The molecule has 0 aliphatic carbocycles. The summed E-state index contributed by atoms with van der Waals surface area (Å²) >= 11 is 0. The fourth-order valence-electron chi connectivity index (χ4n) is 1.86. The summed E-state index contributed by atoms with van der Waals surface area (Å²) in [5.41, 5.74) is 2.06. The minimum atomic E-state index is 0.0523. The summed E-state index contributed by atoms with van der Waals surface area (Å²) in [5.74, 6) is 0.939. The summed E-state index contributed by atoms with van der Waals surface area (Å²) < 4.78 is 5.20. The first-order valence-corrected chi connectivity index (χ1v) is 6.34. The Hall–Kier alpha value is -2.67. The van der Waals surface area contributed by atoms with Crippen LogP contribution in [0.15, 0.2) is 48.5 Å². The van der Waals surface area contributed by atoms with Gasteiger partial charge in [-0.1, -0.05) is 12.1 Å². The maximum Gasteiger partial charge on any atom is 0.174 e. The molecule has 0 amide bonds. The van der Waals surface area contributed by atoms with Gasteiger partial charge < -0.3 is 15.2 Å². The van der Waals surface area contributed by atoms with Gasteiger partial charge in [0.05, 0.1) is 0 Å². The largest absolute Gasteiger partial charge is 0.508 e. The van der Waals surface area contributed by atoms with Gasteiger partial charge in [-0.05, 0) is 48.9 Å². The van der Waals surface area contributed by atoms with Crippen LogP contribution in [0.1, 0.15) is 18.5 Å². The lowest BCUT2D eigenvalue weighted by atomic mass is 10.1. The average molecular weight is 268 g/mol. The van der Waals surface area contributed by atoms with Gasteiger partial charge in [-0.3, -0.25) is 0 Å². The van der Waals surface area contributed by atoms with Crippen molar-refractivity contribution >= 4 is 5.69 Å². The van der Waals surface area contributed by atoms with Crippen molar-refractivity contribution in [3.63, 3.8) is 0 Å². The van der Waals surface area contributed by atoms with E-state index in [2.05, 4.69) is 5.32 Å². The molecule has 0 aliphatic heterocycles. The predicted molar refractivity (Wildman–Crippen MR) is 77.7 cm³/mol. The van der Waals surface area contributed by atoms with E-state index in [0.29, 0.717) is 5.75 Å². The first-order valence-electron chi connectivity index (χ1n) is 6.34. The lowest BCUT2D eigenvalue weighted by Gasteiger charge is -2.16. The van der Waals surface area contributed by atoms with E-state index >= 15 is 0 Å². The van der Waals surface area contributed by atoms with E-state index in [0.717, 1.165) is 11.3 Å². The SMILES string of the molecule is CC(Nc1ccc(OCC#N)cc1)c1ccc(O)cc1. The van der Waals surface area contributed by atoms with Crippen LogP contribution in [0, 0.1) is 11.3 Å². The molecule has 20 heavy (non-hydrogen) atoms. The van der Waals surface area contributed by atoms with E-state index in [1.807, 2.05) is 49.4 Å². The van der Waals surface area contributed by atoms with Crippen LogP contribution in [0.3, 0.4) is 0 Å². The van der Waals surface area contributed by atoms with Crippen molar-refractivity contribution in [1.29, 1.82) is 5.26 Å². The normalized spacial score (nSPS) is 11.4. The van der Waals surface area contributed by atoms with Crippen molar-refractivity contribution < 1.29 is 9.84 Å². The van der Waals surface area contributed by atoms with Gasteiger partial charge in [0.1, 0.15) is 17.6 Å². The van der Waals surface area contributed by atoms with Crippen LogP contribution in [0.5, 0.6) is 11.5 Å². The smallest absolute Gasteiger partial charge is 0.174 e. The Morgan fingerprint density at radius 1 is 1.15 bits per heavy atom. The molecule has 2 rings (SSSR count). The Bertz CT molecular complexity index is 585. The molecule has 2 N–H and O–H groups in total. The van der Waals surface area contributed by atoms with E-state index in [-0.39, 0.29) is 18.4 Å². The monoisotopic (exact) mass is 268 g/mol. The predicted octanol–water partition coefficient (Wildman–Crippen LogP) is 3.47. The number of phenolic OH excluding ortho intramolecular Hbond substituents is 1. The Morgan fingerprint density at radius 2 is 1.80 bits per heavy atom. The highest BCUT2D eigenvalue weighted by molar-refractivity contribution is 5.48. The van der Waals surface area contributed by atoms with Gasteiger partial charge in [0.15, 0.2) is 6.61 Å². The van der Waals surface area contributed by atoms with Crippen molar-refractivity contribution in [3.05, 3.63) is 54.1 Å². The van der Waals surface area contributed by atoms with Crippen molar-refractivity contribution in [1.82, 2.24) is 0 Å². The summed E-state index contributed by atoms with van der Waals surface area (Å²) in [7, 11) is 0. The lowest BCUT2D eigenvalue weighted by molar-refractivity contribution is 0.368. The Balaban J connectivity index is 1.99. The molecule has 2 aromatic carbocycles. The molecule has 102 valence electrons. The minimum absolute atomic E-state index is 0.0523. The first-order chi connectivity index (χ1) is 9.69. The van der Waals surface area contributed by atoms with Gasteiger partial charge in [-0.2, -0.15) is 5.26 Å². The van der Waals surface area contributed by atoms with Crippen LogP contribution in [-0.4, -0.2) is 11.7 Å². The molecule has 1 atom stereocenters. The van der Waals surface area contributed by atoms with Crippen LogP contribution < -0.4 is 10.1 Å². The molecule has 1 unspecified atom stereocenters.